The Kier molecular flexibility index (Phi) is 5.55. The van der Waals surface area contributed by atoms with E-state index in [4.69, 9.17) is 20.2 Å². The van der Waals surface area contributed by atoms with Gasteiger partial charge in [0.15, 0.2) is 11.5 Å². The molecule has 0 bridgehead atoms. The number of primary amides is 1. The van der Waals surface area contributed by atoms with Crippen molar-refractivity contribution in [3.8, 4) is 22.1 Å². The maximum absolute atomic E-state index is 11.3. The molecule has 0 spiro atoms. The molecule has 0 aliphatic carbocycles. The number of hydrogen-bond donors (Lipinski definition) is 1. The molecule has 0 atom stereocenters. The number of carbonyl (C=O) groups excluding carboxylic acids is 1. The van der Waals surface area contributed by atoms with Crippen LogP contribution in [-0.2, 0) is 11.3 Å². The van der Waals surface area contributed by atoms with Crippen LogP contribution < -0.4 is 15.2 Å². The number of amides is 1. The highest BCUT2D eigenvalue weighted by Crippen LogP contribution is 2.33. The lowest BCUT2D eigenvalue weighted by Crippen LogP contribution is -2.38. The number of nitrogens with two attached hydrogens (primary N) is 1. The zero-order valence-corrected chi connectivity index (χ0v) is 15.3. The van der Waals surface area contributed by atoms with E-state index in [0.29, 0.717) is 11.5 Å². The van der Waals surface area contributed by atoms with Gasteiger partial charge in [-0.2, -0.15) is 0 Å². The minimum atomic E-state index is -0.177. The highest BCUT2D eigenvalue weighted by atomic mass is 32.1. The van der Waals surface area contributed by atoms with E-state index >= 15 is 0 Å². The monoisotopic (exact) mass is 361 g/mol. The number of aromatic nitrogens is 1. The fourth-order valence-electron chi connectivity index (χ4n) is 3.09. The van der Waals surface area contributed by atoms with E-state index < -0.39 is 0 Å². The third kappa shape index (κ3) is 4.11. The van der Waals surface area contributed by atoms with E-state index in [1.807, 2.05) is 18.2 Å². The summed E-state index contributed by atoms with van der Waals surface area (Å²) in [6, 6.07) is 5.83. The molecule has 1 aliphatic rings. The fraction of sp³-hybridized carbons (Fsp3) is 0.444. The number of methoxy groups -OCH3 is 2. The molecular weight excluding hydrogens is 338 g/mol. The molecule has 6 nitrogen and oxygen atoms in total. The van der Waals surface area contributed by atoms with E-state index in [2.05, 4.69) is 10.3 Å². The van der Waals surface area contributed by atoms with Crippen LogP contribution in [0.5, 0.6) is 11.5 Å². The first kappa shape index (κ1) is 17.7. The number of benzene rings is 1. The van der Waals surface area contributed by atoms with E-state index in [9.17, 15) is 4.79 Å². The Morgan fingerprint density at radius 3 is 2.64 bits per heavy atom. The van der Waals surface area contributed by atoms with Crippen LogP contribution in [0.1, 0.15) is 18.5 Å². The molecule has 2 aromatic rings. The van der Waals surface area contributed by atoms with E-state index in [1.165, 1.54) is 0 Å². The Morgan fingerprint density at radius 1 is 1.28 bits per heavy atom. The van der Waals surface area contributed by atoms with Crippen LogP contribution in [0.2, 0.25) is 0 Å². The highest BCUT2D eigenvalue weighted by Gasteiger charge is 2.23. The minimum Gasteiger partial charge on any atom is -0.493 e. The van der Waals surface area contributed by atoms with Crippen molar-refractivity contribution >= 4 is 17.2 Å². The van der Waals surface area contributed by atoms with Crippen molar-refractivity contribution in [2.75, 3.05) is 27.3 Å². The lowest BCUT2D eigenvalue weighted by molar-refractivity contribution is -0.123. The summed E-state index contributed by atoms with van der Waals surface area (Å²) in [4.78, 5) is 18.3. The van der Waals surface area contributed by atoms with Crippen molar-refractivity contribution in [1.29, 1.82) is 0 Å². The standard InChI is InChI=1S/C18H23N3O3S/c1-23-15-4-3-13(9-16(15)24-2)18-20-14(11-25-18)10-21-7-5-12(6-8-21)17(19)22/h3-4,9,11-12H,5-8,10H2,1-2H3,(H2,19,22). The third-order valence-corrected chi connectivity index (χ3v) is 5.50. The molecule has 0 unspecified atom stereocenters. The molecule has 3 rings (SSSR count). The molecule has 0 radical (unpaired) electrons. The Bertz CT molecular complexity index is 739. The number of ether oxygens (including phenoxy) is 2. The van der Waals surface area contributed by atoms with Gasteiger partial charge >= 0.3 is 0 Å². The van der Waals surface area contributed by atoms with Gasteiger partial charge in [-0.05, 0) is 44.1 Å². The molecule has 0 saturated carbocycles. The van der Waals surface area contributed by atoms with E-state index in [-0.39, 0.29) is 11.8 Å². The summed E-state index contributed by atoms with van der Waals surface area (Å²) in [5, 5.41) is 3.05. The quantitative estimate of drug-likeness (QED) is 0.855. The van der Waals surface area contributed by atoms with Gasteiger partial charge in [0.05, 0.1) is 19.9 Å². The van der Waals surface area contributed by atoms with Gasteiger partial charge in [0.2, 0.25) is 5.91 Å². The fourth-order valence-corrected chi connectivity index (χ4v) is 3.89. The molecule has 2 N–H and O–H groups in total. The lowest BCUT2D eigenvalue weighted by Gasteiger charge is -2.29. The molecule has 1 aromatic carbocycles. The van der Waals surface area contributed by atoms with Gasteiger partial charge in [0.1, 0.15) is 5.01 Å². The van der Waals surface area contributed by atoms with Crippen molar-refractivity contribution in [2.45, 2.75) is 19.4 Å². The Morgan fingerprint density at radius 2 is 2.00 bits per heavy atom. The summed E-state index contributed by atoms with van der Waals surface area (Å²) in [5.74, 6) is 1.25. The van der Waals surface area contributed by atoms with Crippen LogP contribution in [0, 0.1) is 5.92 Å². The molecule has 2 heterocycles. The van der Waals surface area contributed by atoms with Gasteiger partial charge in [0, 0.05) is 23.4 Å². The zero-order valence-electron chi connectivity index (χ0n) is 14.5. The van der Waals surface area contributed by atoms with Gasteiger partial charge in [-0.25, -0.2) is 4.98 Å². The lowest BCUT2D eigenvalue weighted by atomic mass is 9.96. The largest absolute Gasteiger partial charge is 0.493 e. The van der Waals surface area contributed by atoms with E-state index in [0.717, 1.165) is 48.7 Å². The van der Waals surface area contributed by atoms with Gasteiger partial charge < -0.3 is 15.2 Å². The number of carbonyl (C=O) groups is 1. The van der Waals surface area contributed by atoms with Crippen molar-refractivity contribution in [3.05, 3.63) is 29.3 Å². The Hall–Kier alpha value is -2.12. The molecule has 25 heavy (non-hydrogen) atoms. The predicted molar refractivity (Wildman–Crippen MR) is 97.8 cm³/mol. The number of hydrogen-bond acceptors (Lipinski definition) is 6. The van der Waals surface area contributed by atoms with E-state index in [1.54, 1.807) is 25.6 Å². The molecule has 7 heteroatoms. The molecule has 134 valence electrons. The number of likely N-dealkylation sites (tertiary alicyclic amines) is 1. The summed E-state index contributed by atoms with van der Waals surface area (Å²) in [5.41, 5.74) is 7.45. The highest BCUT2D eigenvalue weighted by molar-refractivity contribution is 7.13. The van der Waals surface area contributed by atoms with Crippen LogP contribution >= 0.6 is 11.3 Å². The zero-order chi connectivity index (χ0) is 17.8. The second-order valence-corrected chi connectivity index (χ2v) is 7.02. The first-order valence-electron chi connectivity index (χ1n) is 8.29. The van der Waals surface area contributed by atoms with Crippen LogP contribution in [0.3, 0.4) is 0 Å². The minimum absolute atomic E-state index is 0.0222. The molecule has 1 fully saturated rings. The second-order valence-electron chi connectivity index (χ2n) is 6.17. The molecule has 1 amide bonds. The SMILES string of the molecule is COc1ccc(-c2nc(CN3CCC(C(N)=O)CC3)cs2)cc1OC. The number of rotatable bonds is 6. The Balaban J connectivity index is 1.66. The number of thiazole rings is 1. The number of piperidine rings is 1. The van der Waals surface area contributed by atoms with Gasteiger partial charge in [-0.15, -0.1) is 11.3 Å². The van der Waals surface area contributed by atoms with Gasteiger partial charge in [-0.1, -0.05) is 0 Å². The van der Waals surface area contributed by atoms with Crippen molar-refractivity contribution in [2.24, 2.45) is 11.7 Å². The Labute approximate surface area is 151 Å². The second kappa shape index (κ2) is 7.84. The van der Waals surface area contributed by atoms with Crippen molar-refractivity contribution in [3.63, 3.8) is 0 Å². The van der Waals surface area contributed by atoms with Gasteiger partial charge in [-0.3, -0.25) is 9.69 Å². The van der Waals surface area contributed by atoms with Crippen LogP contribution in [0.4, 0.5) is 0 Å². The summed E-state index contributed by atoms with van der Waals surface area (Å²) < 4.78 is 10.6. The summed E-state index contributed by atoms with van der Waals surface area (Å²) >= 11 is 1.62. The van der Waals surface area contributed by atoms with Crippen LogP contribution in [0.15, 0.2) is 23.6 Å². The average Bonchev–Trinajstić information content (AvgIpc) is 3.10. The van der Waals surface area contributed by atoms with Crippen molar-refractivity contribution < 1.29 is 14.3 Å². The third-order valence-electron chi connectivity index (χ3n) is 4.56. The first-order chi connectivity index (χ1) is 12.1. The summed E-state index contributed by atoms with van der Waals surface area (Å²) in [6.07, 6.45) is 1.67. The summed E-state index contributed by atoms with van der Waals surface area (Å²) in [7, 11) is 3.26. The normalized spacial score (nSPS) is 15.9. The molecule has 1 aliphatic heterocycles. The maximum atomic E-state index is 11.3. The van der Waals surface area contributed by atoms with Crippen molar-refractivity contribution in [1.82, 2.24) is 9.88 Å². The molecular formula is C18H23N3O3S. The topological polar surface area (TPSA) is 77.7 Å². The molecule has 1 saturated heterocycles. The van der Waals surface area contributed by atoms with Gasteiger partial charge in [0.25, 0.3) is 0 Å². The molecule has 1 aromatic heterocycles. The summed E-state index contributed by atoms with van der Waals surface area (Å²) in [6.45, 7) is 2.57. The average molecular weight is 361 g/mol. The predicted octanol–water partition coefficient (Wildman–Crippen LogP) is 2.52. The smallest absolute Gasteiger partial charge is 0.220 e. The number of nitrogens with zero attached hydrogens (tertiary/aromatic N) is 2. The van der Waals surface area contributed by atoms with Crippen LogP contribution in [0.25, 0.3) is 10.6 Å². The maximum Gasteiger partial charge on any atom is 0.220 e. The van der Waals surface area contributed by atoms with Crippen LogP contribution in [-0.4, -0.2) is 43.1 Å². The first-order valence-corrected chi connectivity index (χ1v) is 9.17.